The van der Waals surface area contributed by atoms with Gasteiger partial charge in [-0.1, -0.05) is 25.5 Å². The van der Waals surface area contributed by atoms with Gasteiger partial charge in [-0.05, 0) is 62.7 Å². The highest BCUT2D eigenvalue weighted by atomic mass is 16.4. The van der Waals surface area contributed by atoms with Gasteiger partial charge in [0.25, 0.3) is 0 Å². The topological polar surface area (TPSA) is 54.4 Å². The fourth-order valence-corrected chi connectivity index (χ4v) is 4.94. The molecule has 0 bridgehead atoms. The molecular weight excluding hydrogens is 264 g/mol. The Balaban J connectivity index is 2.39. The van der Waals surface area contributed by atoms with E-state index >= 15 is 0 Å². The molecule has 0 aliphatic heterocycles. The van der Waals surface area contributed by atoms with Crippen molar-refractivity contribution in [1.29, 1.82) is 0 Å². The molecule has 2 aliphatic carbocycles. The van der Waals surface area contributed by atoms with E-state index in [-0.39, 0.29) is 22.5 Å². The van der Waals surface area contributed by atoms with Gasteiger partial charge in [0.2, 0.25) is 0 Å². The SMILES string of the molecule is CC(=O)CCC1(C)C(C(=O)O)CCC2(C)C(C)=CCCC21. The van der Waals surface area contributed by atoms with Crippen molar-refractivity contribution in [2.24, 2.45) is 22.7 Å². The third kappa shape index (κ3) is 2.67. The number of fused-ring (bicyclic) bond motifs is 1. The summed E-state index contributed by atoms with van der Waals surface area (Å²) in [5, 5.41) is 9.68. The van der Waals surface area contributed by atoms with Crippen LogP contribution in [0.4, 0.5) is 0 Å². The lowest BCUT2D eigenvalue weighted by atomic mass is 9.46. The highest BCUT2D eigenvalue weighted by Crippen LogP contribution is 2.61. The summed E-state index contributed by atoms with van der Waals surface area (Å²) in [7, 11) is 0. The minimum atomic E-state index is -0.685. The van der Waals surface area contributed by atoms with Crippen molar-refractivity contribution >= 4 is 11.8 Å². The van der Waals surface area contributed by atoms with Crippen molar-refractivity contribution in [2.75, 3.05) is 0 Å². The second kappa shape index (κ2) is 5.58. The summed E-state index contributed by atoms with van der Waals surface area (Å²) in [5.41, 5.74) is 1.24. The predicted octanol–water partition coefficient (Wildman–Crippen LogP) is 4.22. The Morgan fingerprint density at radius 1 is 1.33 bits per heavy atom. The van der Waals surface area contributed by atoms with Gasteiger partial charge >= 0.3 is 5.97 Å². The van der Waals surface area contributed by atoms with E-state index < -0.39 is 5.97 Å². The highest BCUT2D eigenvalue weighted by molar-refractivity contribution is 5.76. The van der Waals surface area contributed by atoms with E-state index in [4.69, 9.17) is 0 Å². The van der Waals surface area contributed by atoms with Crippen LogP contribution in [-0.4, -0.2) is 16.9 Å². The van der Waals surface area contributed by atoms with Gasteiger partial charge in [0.15, 0.2) is 0 Å². The number of carbonyl (C=O) groups is 2. The Hall–Kier alpha value is -1.12. The molecule has 0 radical (unpaired) electrons. The van der Waals surface area contributed by atoms with Gasteiger partial charge in [0.05, 0.1) is 5.92 Å². The first-order chi connectivity index (χ1) is 9.71. The summed E-state index contributed by atoms with van der Waals surface area (Å²) in [5.74, 6) is -0.476. The minimum absolute atomic E-state index is 0.107. The zero-order valence-corrected chi connectivity index (χ0v) is 13.7. The van der Waals surface area contributed by atoms with Gasteiger partial charge < -0.3 is 9.90 Å². The lowest BCUT2D eigenvalue weighted by molar-refractivity contribution is -0.157. The Morgan fingerprint density at radius 2 is 2.00 bits per heavy atom. The molecule has 2 aliphatic rings. The summed E-state index contributed by atoms with van der Waals surface area (Å²) in [6.07, 6.45) is 7.28. The molecule has 1 N–H and O–H groups in total. The van der Waals surface area contributed by atoms with Gasteiger partial charge in [-0.3, -0.25) is 4.79 Å². The van der Waals surface area contributed by atoms with Crippen LogP contribution in [0.1, 0.15) is 66.2 Å². The number of rotatable bonds is 4. The monoisotopic (exact) mass is 292 g/mol. The van der Waals surface area contributed by atoms with Crippen LogP contribution in [0.15, 0.2) is 11.6 Å². The molecule has 4 atom stereocenters. The number of carboxylic acid groups (broad SMARTS) is 1. The largest absolute Gasteiger partial charge is 0.481 e. The van der Waals surface area contributed by atoms with Gasteiger partial charge in [-0.15, -0.1) is 0 Å². The normalized spacial score (nSPS) is 39.3. The predicted molar refractivity (Wildman–Crippen MR) is 83.0 cm³/mol. The standard InChI is InChI=1S/C18H28O3/c1-12-6-5-7-15-17(12,3)11-9-14(16(20)21)18(15,4)10-8-13(2)19/h6,14-15H,5,7-11H2,1-4H3,(H,20,21). The summed E-state index contributed by atoms with van der Waals surface area (Å²) < 4.78 is 0. The van der Waals surface area contributed by atoms with E-state index in [1.165, 1.54) is 5.57 Å². The lowest BCUT2D eigenvalue weighted by Gasteiger charge is -2.57. The van der Waals surface area contributed by atoms with Crippen LogP contribution < -0.4 is 0 Å². The zero-order valence-electron chi connectivity index (χ0n) is 13.7. The van der Waals surface area contributed by atoms with Crippen LogP contribution in [0, 0.1) is 22.7 Å². The maximum absolute atomic E-state index is 11.8. The molecule has 0 saturated heterocycles. The quantitative estimate of drug-likeness (QED) is 0.789. The number of carbonyl (C=O) groups excluding carboxylic acids is 1. The molecule has 1 saturated carbocycles. The van der Waals surface area contributed by atoms with Crippen molar-refractivity contribution < 1.29 is 14.7 Å². The van der Waals surface area contributed by atoms with Crippen molar-refractivity contribution in [2.45, 2.75) is 66.2 Å². The molecule has 0 amide bonds. The molecule has 118 valence electrons. The molecule has 0 aromatic heterocycles. The van der Waals surface area contributed by atoms with Crippen molar-refractivity contribution in [1.82, 2.24) is 0 Å². The second-order valence-electron chi connectivity index (χ2n) is 7.57. The number of carboxylic acids is 1. The first kappa shape index (κ1) is 16.3. The van der Waals surface area contributed by atoms with Gasteiger partial charge in [0, 0.05) is 6.42 Å². The summed E-state index contributed by atoms with van der Waals surface area (Å²) >= 11 is 0. The van der Waals surface area contributed by atoms with Crippen molar-refractivity contribution in [3.63, 3.8) is 0 Å². The van der Waals surface area contributed by atoms with E-state index in [1.54, 1.807) is 6.92 Å². The Kier molecular flexibility index (Phi) is 4.32. The molecule has 1 fully saturated rings. The maximum Gasteiger partial charge on any atom is 0.307 e. The first-order valence-electron chi connectivity index (χ1n) is 8.11. The zero-order chi connectivity index (χ0) is 15.8. The molecule has 3 heteroatoms. The number of Topliss-reactive ketones (excluding diaryl/α,β-unsaturated/α-hetero) is 1. The van der Waals surface area contributed by atoms with Gasteiger partial charge in [0.1, 0.15) is 5.78 Å². The number of hydrogen-bond donors (Lipinski definition) is 1. The van der Waals surface area contributed by atoms with E-state index in [9.17, 15) is 14.7 Å². The molecular formula is C18H28O3. The molecule has 0 aromatic rings. The average molecular weight is 292 g/mol. The van der Waals surface area contributed by atoms with Crippen LogP contribution in [0.5, 0.6) is 0 Å². The first-order valence-corrected chi connectivity index (χ1v) is 8.11. The van der Waals surface area contributed by atoms with Crippen molar-refractivity contribution in [3.8, 4) is 0 Å². The van der Waals surface area contributed by atoms with Crippen LogP contribution in [0.2, 0.25) is 0 Å². The van der Waals surface area contributed by atoms with Crippen LogP contribution in [0.3, 0.4) is 0 Å². The van der Waals surface area contributed by atoms with Crippen LogP contribution >= 0.6 is 0 Å². The van der Waals surface area contributed by atoms with Gasteiger partial charge in [-0.25, -0.2) is 0 Å². The number of allylic oxidation sites excluding steroid dienone is 2. The number of ketones is 1. The molecule has 0 aromatic carbocycles. The summed E-state index contributed by atoms with van der Waals surface area (Å²) in [6, 6.07) is 0. The number of hydrogen-bond acceptors (Lipinski definition) is 2. The van der Waals surface area contributed by atoms with Gasteiger partial charge in [-0.2, -0.15) is 0 Å². The maximum atomic E-state index is 11.8. The lowest BCUT2D eigenvalue weighted by Crippen LogP contribution is -2.52. The smallest absolute Gasteiger partial charge is 0.307 e. The third-order valence-electron chi connectivity index (χ3n) is 6.43. The Bertz CT molecular complexity index is 479. The second-order valence-corrected chi connectivity index (χ2v) is 7.57. The third-order valence-corrected chi connectivity index (χ3v) is 6.43. The fourth-order valence-electron chi connectivity index (χ4n) is 4.94. The average Bonchev–Trinajstić information content (AvgIpc) is 2.39. The Morgan fingerprint density at radius 3 is 2.57 bits per heavy atom. The molecule has 2 rings (SSSR count). The molecule has 0 heterocycles. The molecule has 3 nitrogen and oxygen atoms in total. The van der Waals surface area contributed by atoms with E-state index in [0.717, 1.165) is 25.7 Å². The highest BCUT2D eigenvalue weighted by Gasteiger charge is 2.56. The number of aliphatic carboxylic acids is 1. The fraction of sp³-hybridized carbons (Fsp3) is 0.778. The van der Waals surface area contributed by atoms with Crippen LogP contribution in [0.25, 0.3) is 0 Å². The minimum Gasteiger partial charge on any atom is -0.481 e. The van der Waals surface area contributed by atoms with E-state index in [0.29, 0.717) is 18.8 Å². The molecule has 21 heavy (non-hydrogen) atoms. The molecule has 0 spiro atoms. The van der Waals surface area contributed by atoms with Crippen LogP contribution in [-0.2, 0) is 9.59 Å². The summed E-state index contributed by atoms with van der Waals surface area (Å²) in [6.45, 7) is 8.22. The molecule has 4 unspecified atom stereocenters. The Labute approximate surface area is 127 Å². The van der Waals surface area contributed by atoms with Crippen molar-refractivity contribution in [3.05, 3.63) is 11.6 Å². The van der Waals surface area contributed by atoms with E-state index in [2.05, 4.69) is 26.8 Å². The summed E-state index contributed by atoms with van der Waals surface area (Å²) in [4.78, 5) is 23.2. The van der Waals surface area contributed by atoms with E-state index in [1.807, 2.05) is 0 Å².